The number of ketones is 1. The standard InChI is InChI=1S/C10H16N2O2/c1-12-6-5-9(11-12)8-10(13)4-3-7-14-2/h5-6H,3-4,7-8H2,1-2H3. The molecule has 0 atom stereocenters. The second-order valence-electron chi connectivity index (χ2n) is 3.29. The van der Waals surface area contributed by atoms with E-state index in [-0.39, 0.29) is 5.78 Å². The monoisotopic (exact) mass is 196 g/mol. The van der Waals surface area contributed by atoms with Crippen molar-refractivity contribution in [2.45, 2.75) is 19.3 Å². The highest BCUT2D eigenvalue weighted by atomic mass is 16.5. The third-order valence-corrected chi connectivity index (χ3v) is 1.95. The maximum Gasteiger partial charge on any atom is 0.139 e. The molecule has 0 aliphatic carbocycles. The molecule has 0 spiro atoms. The average molecular weight is 196 g/mol. The van der Waals surface area contributed by atoms with Crippen LogP contribution in [-0.4, -0.2) is 29.3 Å². The number of methoxy groups -OCH3 is 1. The lowest BCUT2D eigenvalue weighted by atomic mass is 10.1. The highest BCUT2D eigenvalue weighted by Crippen LogP contribution is 2.00. The van der Waals surface area contributed by atoms with Crippen LogP contribution in [0.4, 0.5) is 0 Å². The second kappa shape index (κ2) is 5.54. The van der Waals surface area contributed by atoms with E-state index in [1.54, 1.807) is 11.8 Å². The van der Waals surface area contributed by atoms with E-state index in [0.29, 0.717) is 19.4 Å². The van der Waals surface area contributed by atoms with Crippen molar-refractivity contribution in [1.82, 2.24) is 9.78 Å². The molecule has 0 N–H and O–H groups in total. The zero-order valence-electron chi connectivity index (χ0n) is 8.69. The number of Topliss-reactive ketones (excluding diaryl/α,β-unsaturated/α-hetero) is 1. The summed E-state index contributed by atoms with van der Waals surface area (Å²) >= 11 is 0. The smallest absolute Gasteiger partial charge is 0.139 e. The summed E-state index contributed by atoms with van der Waals surface area (Å²) in [5, 5.41) is 4.14. The third-order valence-electron chi connectivity index (χ3n) is 1.95. The van der Waals surface area contributed by atoms with Gasteiger partial charge in [0.15, 0.2) is 0 Å². The van der Waals surface area contributed by atoms with E-state index in [0.717, 1.165) is 12.1 Å². The van der Waals surface area contributed by atoms with Crippen LogP contribution in [0, 0.1) is 0 Å². The molecule has 1 rings (SSSR count). The molecule has 14 heavy (non-hydrogen) atoms. The van der Waals surface area contributed by atoms with E-state index in [2.05, 4.69) is 5.10 Å². The lowest BCUT2D eigenvalue weighted by Gasteiger charge is -1.98. The van der Waals surface area contributed by atoms with Crippen molar-refractivity contribution in [3.8, 4) is 0 Å². The van der Waals surface area contributed by atoms with Gasteiger partial charge in [-0.25, -0.2) is 0 Å². The number of ether oxygens (including phenoxy) is 1. The summed E-state index contributed by atoms with van der Waals surface area (Å²) < 4.78 is 6.58. The van der Waals surface area contributed by atoms with Crippen molar-refractivity contribution < 1.29 is 9.53 Å². The summed E-state index contributed by atoms with van der Waals surface area (Å²) in [5.74, 6) is 0.223. The molecule has 78 valence electrons. The molecule has 1 aromatic heterocycles. The number of carbonyl (C=O) groups excluding carboxylic acids is 1. The third kappa shape index (κ3) is 3.70. The summed E-state index contributed by atoms with van der Waals surface area (Å²) in [7, 11) is 3.49. The lowest BCUT2D eigenvalue weighted by Crippen LogP contribution is -2.05. The Hall–Kier alpha value is -1.16. The molecule has 0 saturated carbocycles. The van der Waals surface area contributed by atoms with Crippen molar-refractivity contribution in [1.29, 1.82) is 0 Å². The first kappa shape index (κ1) is 10.9. The summed E-state index contributed by atoms with van der Waals surface area (Å²) in [5.41, 5.74) is 0.843. The molecule has 4 heteroatoms. The van der Waals surface area contributed by atoms with Gasteiger partial charge in [0.1, 0.15) is 5.78 Å². The predicted octanol–water partition coefficient (Wildman–Crippen LogP) is 0.958. The largest absolute Gasteiger partial charge is 0.385 e. The van der Waals surface area contributed by atoms with Crippen LogP contribution in [0.3, 0.4) is 0 Å². The van der Waals surface area contributed by atoms with Crippen LogP contribution in [-0.2, 0) is 23.0 Å². The SMILES string of the molecule is COCCCC(=O)Cc1ccn(C)n1. The number of hydrogen-bond donors (Lipinski definition) is 0. The Morgan fingerprint density at radius 1 is 1.64 bits per heavy atom. The zero-order chi connectivity index (χ0) is 10.4. The predicted molar refractivity (Wildman–Crippen MR) is 53.0 cm³/mol. The quantitative estimate of drug-likeness (QED) is 0.636. The number of hydrogen-bond acceptors (Lipinski definition) is 3. The molecule has 0 aliphatic rings. The van der Waals surface area contributed by atoms with Gasteiger partial charge in [-0.2, -0.15) is 5.10 Å². The van der Waals surface area contributed by atoms with Crippen LogP contribution in [0.2, 0.25) is 0 Å². The maximum atomic E-state index is 11.4. The van der Waals surface area contributed by atoms with Gasteiger partial charge in [0, 0.05) is 33.4 Å². The van der Waals surface area contributed by atoms with Gasteiger partial charge in [-0.3, -0.25) is 9.48 Å². The first-order valence-corrected chi connectivity index (χ1v) is 4.71. The molecular weight excluding hydrogens is 180 g/mol. The Morgan fingerprint density at radius 2 is 2.43 bits per heavy atom. The Morgan fingerprint density at radius 3 is 3.00 bits per heavy atom. The topological polar surface area (TPSA) is 44.1 Å². The van der Waals surface area contributed by atoms with Crippen LogP contribution in [0.25, 0.3) is 0 Å². The first-order chi connectivity index (χ1) is 6.72. The number of carbonyl (C=O) groups is 1. The van der Waals surface area contributed by atoms with E-state index in [1.165, 1.54) is 0 Å². The number of aromatic nitrogens is 2. The number of rotatable bonds is 6. The van der Waals surface area contributed by atoms with Gasteiger partial charge in [0.2, 0.25) is 0 Å². The Kier molecular flexibility index (Phi) is 4.32. The molecule has 1 heterocycles. The van der Waals surface area contributed by atoms with Gasteiger partial charge in [-0.1, -0.05) is 0 Å². The minimum atomic E-state index is 0.223. The minimum Gasteiger partial charge on any atom is -0.385 e. The summed E-state index contributed by atoms with van der Waals surface area (Å²) in [6, 6.07) is 1.87. The van der Waals surface area contributed by atoms with E-state index in [4.69, 9.17) is 4.74 Å². The van der Waals surface area contributed by atoms with E-state index < -0.39 is 0 Å². The van der Waals surface area contributed by atoms with Crippen LogP contribution in [0.1, 0.15) is 18.5 Å². The first-order valence-electron chi connectivity index (χ1n) is 4.71. The van der Waals surface area contributed by atoms with Crippen molar-refractivity contribution in [2.24, 2.45) is 7.05 Å². The van der Waals surface area contributed by atoms with Gasteiger partial charge in [-0.15, -0.1) is 0 Å². The summed E-state index contributed by atoms with van der Waals surface area (Å²) in [4.78, 5) is 11.4. The lowest BCUT2D eigenvalue weighted by molar-refractivity contribution is -0.118. The normalized spacial score (nSPS) is 10.4. The van der Waals surface area contributed by atoms with Gasteiger partial charge >= 0.3 is 0 Å². The van der Waals surface area contributed by atoms with Gasteiger partial charge < -0.3 is 4.74 Å². The van der Waals surface area contributed by atoms with Gasteiger partial charge in [0.25, 0.3) is 0 Å². The highest BCUT2D eigenvalue weighted by Gasteiger charge is 2.05. The minimum absolute atomic E-state index is 0.223. The molecule has 4 nitrogen and oxygen atoms in total. The van der Waals surface area contributed by atoms with E-state index >= 15 is 0 Å². The zero-order valence-corrected chi connectivity index (χ0v) is 8.69. The molecule has 1 aromatic rings. The van der Waals surface area contributed by atoms with Crippen LogP contribution in [0.15, 0.2) is 12.3 Å². The summed E-state index contributed by atoms with van der Waals surface area (Å²) in [6.07, 6.45) is 3.65. The molecule has 0 fully saturated rings. The van der Waals surface area contributed by atoms with E-state index in [1.807, 2.05) is 19.3 Å². The van der Waals surface area contributed by atoms with Gasteiger partial charge in [-0.05, 0) is 12.5 Å². The Balaban J connectivity index is 2.27. The van der Waals surface area contributed by atoms with Crippen LogP contribution >= 0.6 is 0 Å². The molecule has 0 unspecified atom stereocenters. The van der Waals surface area contributed by atoms with Crippen molar-refractivity contribution >= 4 is 5.78 Å². The van der Waals surface area contributed by atoms with E-state index in [9.17, 15) is 4.79 Å². The fourth-order valence-corrected chi connectivity index (χ4v) is 1.26. The molecule has 0 amide bonds. The van der Waals surface area contributed by atoms with Crippen molar-refractivity contribution in [2.75, 3.05) is 13.7 Å². The van der Waals surface area contributed by atoms with Crippen LogP contribution < -0.4 is 0 Å². The molecule has 0 bridgehead atoms. The average Bonchev–Trinajstić information content (AvgIpc) is 2.52. The molecule has 0 saturated heterocycles. The number of nitrogens with zero attached hydrogens (tertiary/aromatic N) is 2. The summed E-state index contributed by atoms with van der Waals surface area (Å²) in [6.45, 7) is 0.647. The van der Waals surface area contributed by atoms with Crippen LogP contribution in [0.5, 0.6) is 0 Å². The fourth-order valence-electron chi connectivity index (χ4n) is 1.26. The molecule has 0 aliphatic heterocycles. The Labute approximate surface area is 83.9 Å². The number of aryl methyl sites for hydroxylation is 1. The molecular formula is C10H16N2O2. The fraction of sp³-hybridized carbons (Fsp3) is 0.600. The van der Waals surface area contributed by atoms with Crippen molar-refractivity contribution in [3.05, 3.63) is 18.0 Å². The van der Waals surface area contributed by atoms with Gasteiger partial charge in [0.05, 0.1) is 12.1 Å². The molecule has 0 aromatic carbocycles. The Bertz CT molecular complexity index is 294. The maximum absolute atomic E-state index is 11.4. The second-order valence-corrected chi connectivity index (χ2v) is 3.29. The van der Waals surface area contributed by atoms with Crippen molar-refractivity contribution in [3.63, 3.8) is 0 Å². The molecule has 0 radical (unpaired) electrons. The highest BCUT2D eigenvalue weighted by molar-refractivity contribution is 5.80.